The fourth-order valence-electron chi connectivity index (χ4n) is 6.86. The van der Waals surface area contributed by atoms with Crippen molar-refractivity contribution in [3.8, 4) is 0 Å². The lowest BCUT2D eigenvalue weighted by molar-refractivity contribution is -0.318. The monoisotopic (exact) mass is 845 g/mol. The van der Waals surface area contributed by atoms with Gasteiger partial charge in [-0.2, -0.15) is 0 Å². The first kappa shape index (κ1) is 49.0. The maximum atomic E-state index is 7.30. The van der Waals surface area contributed by atoms with Gasteiger partial charge < -0.3 is 67.0 Å². The minimum atomic E-state index is -2.49. The van der Waals surface area contributed by atoms with E-state index >= 15 is 0 Å². The standard InChI is InChI=1S/C44H67NO13Si/c1-43(2,3)59(9,10)58-42-36(45)38(53-29-48-6)40(55-31-50-8)41(57-42)39(54-30-49-7)37(52-28-47-5)35(51-27-46-4)26-56-44(32-20-14-11-15-21-32,33-22-16-12-17-23-33)34-24-18-13-19-25-34/h11-25,35-42H,26-31,45H2,1-10H3/t35-,36+,37+,38-,39+,40+,41-,42-/m0/s1. The van der Waals surface area contributed by atoms with Crippen molar-refractivity contribution in [1.82, 2.24) is 0 Å². The molecule has 1 saturated heterocycles. The summed E-state index contributed by atoms with van der Waals surface area (Å²) in [5.41, 5.74) is 8.61. The maximum absolute atomic E-state index is 7.30. The smallest absolute Gasteiger partial charge is 0.195 e. The van der Waals surface area contributed by atoms with Crippen LogP contribution >= 0.6 is 0 Å². The zero-order valence-electron chi connectivity index (χ0n) is 36.4. The molecule has 0 aliphatic carbocycles. The molecule has 3 aromatic rings. The molecular formula is C44H67NO13Si. The van der Waals surface area contributed by atoms with Gasteiger partial charge in [0, 0.05) is 35.5 Å². The number of rotatable bonds is 26. The highest BCUT2D eigenvalue weighted by Crippen LogP contribution is 2.42. The van der Waals surface area contributed by atoms with Gasteiger partial charge in [0.15, 0.2) is 14.6 Å². The van der Waals surface area contributed by atoms with E-state index in [1.807, 2.05) is 91.0 Å². The summed E-state index contributed by atoms with van der Waals surface area (Å²) in [5.74, 6) is 0. The van der Waals surface area contributed by atoms with Crippen molar-refractivity contribution in [2.75, 3.05) is 76.1 Å². The molecule has 0 radical (unpaired) electrons. The number of hydrogen-bond donors (Lipinski definition) is 1. The highest BCUT2D eigenvalue weighted by Gasteiger charge is 2.55. The third-order valence-electron chi connectivity index (χ3n) is 10.8. The molecule has 1 fully saturated rings. The van der Waals surface area contributed by atoms with E-state index in [9.17, 15) is 0 Å². The second kappa shape index (κ2) is 24.1. The molecule has 8 atom stereocenters. The van der Waals surface area contributed by atoms with Gasteiger partial charge in [-0.3, -0.25) is 0 Å². The van der Waals surface area contributed by atoms with Gasteiger partial charge in [-0.25, -0.2) is 0 Å². The lowest BCUT2D eigenvalue weighted by atomic mass is 9.80. The third kappa shape index (κ3) is 12.7. The quantitative estimate of drug-likeness (QED) is 0.0572. The molecular weight excluding hydrogens is 779 g/mol. The molecule has 0 saturated carbocycles. The van der Waals surface area contributed by atoms with E-state index < -0.39 is 62.9 Å². The first-order chi connectivity index (χ1) is 28.4. The minimum Gasteiger partial charge on any atom is -0.391 e. The van der Waals surface area contributed by atoms with Crippen molar-refractivity contribution in [2.24, 2.45) is 5.73 Å². The van der Waals surface area contributed by atoms with Crippen LogP contribution in [0, 0.1) is 0 Å². The van der Waals surface area contributed by atoms with Crippen molar-refractivity contribution in [1.29, 1.82) is 0 Å². The van der Waals surface area contributed by atoms with Crippen LogP contribution in [-0.2, 0) is 66.9 Å². The summed E-state index contributed by atoms with van der Waals surface area (Å²) in [7, 11) is 5.19. The fourth-order valence-corrected chi connectivity index (χ4v) is 8.01. The maximum Gasteiger partial charge on any atom is 0.195 e. The summed E-state index contributed by atoms with van der Waals surface area (Å²) in [6.45, 7) is 10.1. The van der Waals surface area contributed by atoms with Gasteiger partial charge in [-0.1, -0.05) is 112 Å². The Hall–Kier alpha value is -2.68. The topological polar surface area (TPSA) is 146 Å². The van der Waals surface area contributed by atoms with Crippen molar-refractivity contribution >= 4 is 8.32 Å². The van der Waals surface area contributed by atoms with Gasteiger partial charge in [0.1, 0.15) is 76.2 Å². The predicted molar refractivity (Wildman–Crippen MR) is 224 cm³/mol. The number of benzene rings is 3. The van der Waals surface area contributed by atoms with Crippen molar-refractivity contribution < 1.29 is 61.3 Å². The van der Waals surface area contributed by atoms with E-state index in [0.717, 1.165) is 16.7 Å². The SMILES string of the molecule is COCO[C@H]1[C@H]([C@H](OCOC)[C@H](OCOC)[C@H](COC(c2ccccc2)(c2ccccc2)c2ccccc2)OCOC)O[C@@H](O[Si](C)(C)C(C)(C)C)[C@H](N)[C@@H]1OCOC. The van der Waals surface area contributed by atoms with Crippen LogP contribution in [0.15, 0.2) is 91.0 Å². The molecule has 3 aromatic carbocycles. The first-order valence-corrected chi connectivity index (χ1v) is 22.7. The second-order valence-electron chi connectivity index (χ2n) is 15.8. The van der Waals surface area contributed by atoms with Crippen LogP contribution in [0.5, 0.6) is 0 Å². The van der Waals surface area contributed by atoms with Gasteiger partial charge in [0.25, 0.3) is 0 Å². The third-order valence-corrected chi connectivity index (χ3v) is 15.2. The number of nitrogens with two attached hydrogens (primary N) is 1. The Morgan fingerprint density at radius 3 is 1.51 bits per heavy atom. The highest BCUT2D eigenvalue weighted by atomic mass is 28.4. The zero-order chi connectivity index (χ0) is 42.9. The summed E-state index contributed by atoms with van der Waals surface area (Å²) in [6.07, 6.45) is -6.51. The molecule has 15 heteroatoms. The van der Waals surface area contributed by atoms with E-state index in [1.54, 1.807) is 7.11 Å². The Kier molecular flexibility index (Phi) is 20.0. The van der Waals surface area contributed by atoms with E-state index in [4.69, 9.17) is 67.0 Å². The van der Waals surface area contributed by atoms with E-state index in [1.165, 1.54) is 28.4 Å². The minimum absolute atomic E-state index is 0.0351. The number of hydrogen-bond acceptors (Lipinski definition) is 14. The predicted octanol–water partition coefficient (Wildman–Crippen LogP) is 6.01. The van der Waals surface area contributed by atoms with Crippen LogP contribution in [-0.4, -0.2) is 133 Å². The summed E-state index contributed by atoms with van der Waals surface area (Å²) in [4.78, 5) is 0. The molecule has 0 spiro atoms. The summed E-state index contributed by atoms with van der Waals surface area (Å²) in [5, 5.41) is -0.174. The summed E-state index contributed by atoms with van der Waals surface area (Å²) in [6, 6.07) is 29.4. The van der Waals surface area contributed by atoms with Crippen LogP contribution < -0.4 is 5.73 Å². The highest BCUT2D eigenvalue weighted by molar-refractivity contribution is 6.74. The van der Waals surface area contributed by atoms with Crippen LogP contribution in [0.2, 0.25) is 18.1 Å². The number of ether oxygens (including phenoxy) is 12. The van der Waals surface area contributed by atoms with Crippen LogP contribution in [0.25, 0.3) is 0 Å². The van der Waals surface area contributed by atoms with Gasteiger partial charge in [-0.05, 0) is 34.8 Å². The van der Waals surface area contributed by atoms with Crippen LogP contribution in [0.4, 0.5) is 0 Å². The fraction of sp³-hybridized carbons (Fsp3) is 0.591. The summed E-state index contributed by atoms with van der Waals surface area (Å²) >= 11 is 0. The molecule has 1 aliphatic rings. The molecule has 4 rings (SSSR count). The van der Waals surface area contributed by atoms with E-state index in [-0.39, 0.29) is 45.6 Å². The first-order valence-electron chi connectivity index (χ1n) is 19.8. The van der Waals surface area contributed by atoms with E-state index in [2.05, 4.69) is 33.9 Å². The lowest BCUT2D eigenvalue weighted by Gasteiger charge is -2.50. The van der Waals surface area contributed by atoms with Gasteiger partial charge in [-0.15, -0.1) is 0 Å². The lowest BCUT2D eigenvalue weighted by Crippen LogP contribution is -2.69. The Labute approximate surface area is 351 Å². The molecule has 0 amide bonds. The Morgan fingerprint density at radius 2 is 1.05 bits per heavy atom. The average Bonchev–Trinajstić information content (AvgIpc) is 3.24. The molecule has 0 unspecified atom stereocenters. The summed E-state index contributed by atoms with van der Waals surface area (Å²) < 4.78 is 80.8. The van der Waals surface area contributed by atoms with Crippen molar-refractivity contribution in [3.63, 3.8) is 0 Å². The Morgan fingerprint density at radius 1 is 0.610 bits per heavy atom. The van der Waals surface area contributed by atoms with Gasteiger partial charge in [0.05, 0.1) is 12.6 Å². The van der Waals surface area contributed by atoms with Crippen molar-refractivity contribution in [2.45, 2.75) is 93.5 Å². The van der Waals surface area contributed by atoms with E-state index in [0.29, 0.717) is 0 Å². The largest absolute Gasteiger partial charge is 0.391 e. The molecule has 0 aromatic heterocycles. The number of methoxy groups -OCH3 is 5. The zero-order valence-corrected chi connectivity index (χ0v) is 37.4. The molecule has 330 valence electrons. The Balaban J connectivity index is 1.89. The van der Waals surface area contributed by atoms with Crippen LogP contribution in [0.1, 0.15) is 37.5 Å². The van der Waals surface area contributed by atoms with Crippen LogP contribution in [0.3, 0.4) is 0 Å². The Bertz CT molecular complexity index is 1470. The van der Waals surface area contributed by atoms with Gasteiger partial charge in [0.2, 0.25) is 0 Å². The molecule has 1 heterocycles. The molecule has 0 bridgehead atoms. The molecule has 2 N–H and O–H groups in total. The molecule has 1 aliphatic heterocycles. The second-order valence-corrected chi connectivity index (χ2v) is 20.5. The molecule has 14 nitrogen and oxygen atoms in total. The molecule has 59 heavy (non-hydrogen) atoms. The normalized spacial score (nSPS) is 21.9. The van der Waals surface area contributed by atoms with Crippen molar-refractivity contribution in [3.05, 3.63) is 108 Å². The van der Waals surface area contributed by atoms with Gasteiger partial charge >= 0.3 is 0 Å². The average molecular weight is 846 g/mol.